The number of hydrogen-bond donors (Lipinski definition) is 2. The maximum absolute atomic E-state index is 13.1. The average molecular weight is 661 g/mol. The highest BCUT2D eigenvalue weighted by Crippen LogP contribution is 2.49. The van der Waals surface area contributed by atoms with Crippen LogP contribution in [0.25, 0.3) is 0 Å². The average Bonchev–Trinajstić information content (AvgIpc) is 3.43. The van der Waals surface area contributed by atoms with E-state index in [1.54, 1.807) is 0 Å². The fourth-order valence-corrected chi connectivity index (χ4v) is 7.49. The van der Waals surface area contributed by atoms with E-state index in [0.717, 1.165) is 24.0 Å². The summed E-state index contributed by atoms with van der Waals surface area (Å²) < 4.78 is 52.3. The molecular formula is C38H40F4N4O2. The topological polar surface area (TPSA) is 84.0 Å². The minimum atomic E-state index is -2.79. The molecule has 0 spiro atoms. The van der Waals surface area contributed by atoms with Gasteiger partial charge in [-0.25, -0.2) is 17.6 Å². The Hall–Kier alpha value is -4.60. The first-order valence-corrected chi connectivity index (χ1v) is 16.0. The number of carbonyl (C=O) groups excluding carboxylic acids is 2. The number of anilines is 2. The van der Waals surface area contributed by atoms with Gasteiger partial charge in [0.05, 0.1) is 11.1 Å². The normalized spacial score (nSPS) is 18.5. The standard InChI is InChI=1S/2C19H20F2N2O/c2*1-11-10-19(2,3)13-7-4-8-14(15(11)13)23-18(24)12-6-5-9-22-16(12)17(20)21/h2*4-9,11,17H,10H2,1-3H3,(H,23,24). The van der Waals surface area contributed by atoms with Crippen molar-refractivity contribution in [3.8, 4) is 0 Å². The molecule has 0 aliphatic heterocycles. The molecule has 2 aliphatic rings. The molecule has 4 aromatic rings. The van der Waals surface area contributed by atoms with Crippen LogP contribution >= 0.6 is 0 Å². The number of alkyl halides is 4. The Morgan fingerprint density at radius 3 is 1.38 bits per heavy atom. The summed E-state index contributed by atoms with van der Waals surface area (Å²) >= 11 is 0. The van der Waals surface area contributed by atoms with Crippen molar-refractivity contribution in [2.75, 3.05) is 10.6 Å². The van der Waals surface area contributed by atoms with E-state index in [-0.39, 0.29) is 22.0 Å². The van der Waals surface area contributed by atoms with Crippen LogP contribution < -0.4 is 10.6 Å². The van der Waals surface area contributed by atoms with E-state index in [1.165, 1.54) is 47.8 Å². The fourth-order valence-electron chi connectivity index (χ4n) is 7.49. The first-order chi connectivity index (χ1) is 22.6. The molecule has 252 valence electrons. The van der Waals surface area contributed by atoms with E-state index < -0.39 is 36.1 Å². The highest BCUT2D eigenvalue weighted by atomic mass is 19.3. The van der Waals surface area contributed by atoms with Gasteiger partial charge in [0.25, 0.3) is 24.7 Å². The van der Waals surface area contributed by atoms with Gasteiger partial charge in [0.15, 0.2) is 0 Å². The van der Waals surface area contributed by atoms with Crippen LogP contribution in [-0.2, 0) is 10.8 Å². The Balaban J connectivity index is 0.000000188. The third-order valence-corrected chi connectivity index (χ3v) is 9.37. The molecule has 2 aromatic heterocycles. The van der Waals surface area contributed by atoms with Gasteiger partial charge < -0.3 is 10.6 Å². The van der Waals surface area contributed by atoms with Gasteiger partial charge in [0, 0.05) is 23.8 Å². The van der Waals surface area contributed by atoms with E-state index in [0.29, 0.717) is 23.2 Å². The summed E-state index contributed by atoms with van der Waals surface area (Å²) in [6.45, 7) is 13.0. The van der Waals surface area contributed by atoms with Gasteiger partial charge >= 0.3 is 0 Å². The predicted molar refractivity (Wildman–Crippen MR) is 179 cm³/mol. The lowest BCUT2D eigenvalue weighted by Crippen LogP contribution is -2.17. The monoisotopic (exact) mass is 660 g/mol. The van der Waals surface area contributed by atoms with Crippen LogP contribution in [0.2, 0.25) is 0 Å². The molecule has 0 radical (unpaired) electrons. The molecule has 0 bridgehead atoms. The van der Waals surface area contributed by atoms with Crippen LogP contribution in [0.4, 0.5) is 28.9 Å². The summed E-state index contributed by atoms with van der Waals surface area (Å²) in [6, 6.07) is 17.3. The highest BCUT2D eigenvalue weighted by Gasteiger charge is 2.37. The number of benzene rings is 2. The van der Waals surface area contributed by atoms with Crippen molar-refractivity contribution >= 4 is 23.2 Å². The van der Waals surface area contributed by atoms with Gasteiger partial charge in [0.2, 0.25) is 0 Å². The molecule has 2 aliphatic carbocycles. The Kier molecular flexibility index (Phi) is 9.76. The number of hydrogen-bond acceptors (Lipinski definition) is 4. The summed E-state index contributed by atoms with van der Waals surface area (Å²) in [5.74, 6) is -0.502. The molecule has 10 heteroatoms. The van der Waals surface area contributed by atoms with Crippen LogP contribution in [0, 0.1) is 0 Å². The van der Waals surface area contributed by atoms with Crippen LogP contribution in [0.1, 0.15) is 133 Å². The number of pyridine rings is 2. The molecule has 6 nitrogen and oxygen atoms in total. The minimum Gasteiger partial charge on any atom is -0.322 e. The molecule has 48 heavy (non-hydrogen) atoms. The second-order valence-electron chi connectivity index (χ2n) is 13.9. The number of halogens is 4. The Labute approximate surface area is 278 Å². The molecule has 6 rings (SSSR count). The number of rotatable bonds is 6. The van der Waals surface area contributed by atoms with Gasteiger partial charge in [-0.05, 0) is 94.2 Å². The zero-order chi connectivity index (χ0) is 35.0. The minimum absolute atomic E-state index is 0.0396. The lowest BCUT2D eigenvalue weighted by molar-refractivity contribution is 0.0999. The second kappa shape index (κ2) is 13.5. The lowest BCUT2D eigenvalue weighted by atomic mass is 9.86. The van der Waals surface area contributed by atoms with Gasteiger partial charge in [0.1, 0.15) is 11.4 Å². The van der Waals surface area contributed by atoms with Crippen LogP contribution in [-0.4, -0.2) is 21.8 Å². The van der Waals surface area contributed by atoms with Crippen molar-refractivity contribution in [3.63, 3.8) is 0 Å². The van der Waals surface area contributed by atoms with Crippen LogP contribution in [0.3, 0.4) is 0 Å². The molecule has 0 fully saturated rings. The van der Waals surface area contributed by atoms with E-state index in [9.17, 15) is 27.2 Å². The molecule has 2 atom stereocenters. The van der Waals surface area contributed by atoms with E-state index in [4.69, 9.17) is 0 Å². The van der Waals surface area contributed by atoms with E-state index >= 15 is 0 Å². The predicted octanol–water partition coefficient (Wildman–Crippen LogP) is 10.1. The van der Waals surface area contributed by atoms with Crippen molar-refractivity contribution in [2.24, 2.45) is 0 Å². The van der Waals surface area contributed by atoms with Crippen molar-refractivity contribution in [1.29, 1.82) is 0 Å². The van der Waals surface area contributed by atoms with Gasteiger partial charge in [-0.2, -0.15) is 0 Å². The Morgan fingerprint density at radius 1 is 0.646 bits per heavy atom. The number of amides is 2. The van der Waals surface area contributed by atoms with Gasteiger partial charge in [-0.1, -0.05) is 65.8 Å². The molecule has 2 N–H and O–H groups in total. The summed E-state index contributed by atoms with van der Waals surface area (Å²) in [7, 11) is 0. The lowest BCUT2D eigenvalue weighted by Gasteiger charge is -2.19. The Morgan fingerprint density at radius 2 is 1.02 bits per heavy atom. The number of nitrogens with zero attached hydrogens (tertiary/aromatic N) is 2. The quantitative estimate of drug-likeness (QED) is 0.202. The van der Waals surface area contributed by atoms with Crippen molar-refractivity contribution < 1.29 is 27.2 Å². The molecule has 2 unspecified atom stereocenters. The smallest absolute Gasteiger partial charge is 0.281 e. The first kappa shape index (κ1) is 34.7. The summed E-state index contributed by atoms with van der Waals surface area (Å²) in [4.78, 5) is 32.3. The number of fused-ring (bicyclic) bond motifs is 2. The fraction of sp³-hybridized carbons (Fsp3) is 0.368. The zero-order valence-corrected chi connectivity index (χ0v) is 27.9. The third kappa shape index (κ3) is 6.84. The number of carbonyl (C=O) groups is 2. The summed E-state index contributed by atoms with van der Waals surface area (Å²) in [6.07, 6.45) is -1.06. The first-order valence-electron chi connectivity index (χ1n) is 16.0. The highest BCUT2D eigenvalue weighted by molar-refractivity contribution is 6.06. The van der Waals surface area contributed by atoms with Crippen LogP contribution in [0.5, 0.6) is 0 Å². The zero-order valence-electron chi connectivity index (χ0n) is 27.9. The largest absolute Gasteiger partial charge is 0.322 e. The molecule has 2 heterocycles. The van der Waals surface area contributed by atoms with Crippen molar-refractivity contribution in [2.45, 2.75) is 89.9 Å². The third-order valence-electron chi connectivity index (χ3n) is 9.37. The van der Waals surface area contributed by atoms with Crippen molar-refractivity contribution in [3.05, 3.63) is 118 Å². The number of aromatic nitrogens is 2. The molecule has 2 aromatic carbocycles. The molecule has 0 saturated heterocycles. The van der Waals surface area contributed by atoms with Gasteiger partial charge in [-0.15, -0.1) is 0 Å². The molecule has 2 amide bonds. The second-order valence-corrected chi connectivity index (χ2v) is 13.9. The van der Waals surface area contributed by atoms with Crippen LogP contribution in [0.15, 0.2) is 73.1 Å². The summed E-state index contributed by atoms with van der Waals surface area (Å²) in [5, 5.41) is 5.62. The maximum atomic E-state index is 13.1. The van der Waals surface area contributed by atoms with Crippen molar-refractivity contribution in [1.82, 2.24) is 9.97 Å². The van der Waals surface area contributed by atoms with E-state index in [1.807, 2.05) is 24.3 Å². The SMILES string of the molecule is CC1CC(C)(C)c2cccc(NC(=O)c3cccnc3C(F)F)c21.CC1CC(C)(C)c2cccc(NC(=O)c3cccnc3C(F)F)c21. The summed E-state index contributed by atoms with van der Waals surface area (Å²) in [5.41, 5.74) is 4.91. The van der Waals surface area contributed by atoms with E-state index in [2.05, 4.69) is 74.3 Å². The Bertz CT molecular complexity index is 1710. The molecular weight excluding hydrogens is 620 g/mol. The van der Waals surface area contributed by atoms with Gasteiger partial charge in [-0.3, -0.25) is 19.6 Å². The maximum Gasteiger partial charge on any atom is 0.281 e. The molecule has 0 saturated carbocycles. The number of nitrogens with one attached hydrogen (secondary N) is 2.